The second-order valence-electron chi connectivity index (χ2n) is 3.76. The topological polar surface area (TPSA) is 51.8 Å². The summed E-state index contributed by atoms with van der Waals surface area (Å²) in [6, 6.07) is 1.95. The van der Waals surface area contributed by atoms with Crippen LogP contribution in [-0.2, 0) is 6.42 Å². The molecule has 0 spiro atoms. The fraction of sp³-hybridized carbons (Fsp3) is 0.600. The van der Waals surface area contributed by atoms with Crippen LogP contribution in [0.5, 0.6) is 0 Å². The molecule has 2 rings (SSSR count). The highest BCUT2D eigenvalue weighted by Gasteiger charge is 2.36. The lowest BCUT2D eigenvalue weighted by atomic mass is 10.2. The average Bonchev–Trinajstić information content (AvgIpc) is 2.84. The molecule has 1 aliphatic carbocycles. The van der Waals surface area contributed by atoms with Crippen LogP contribution >= 0.6 is 0 Å². The van der Waals surface area contributed by atoms with E-state index in [-0.39, 0.29) is 0 Å². The average molecular weight is 177 g/mol. The van der Waals surface area contributed by atoms with Gasteiger partial charge in [-0.2, -0.15) is 0 Å². The Labute approximate surface area is 78.4 Å². The van der Waals surface area contributed by atoms with E-state index in [2.05, 4.69) is 16.9 Å². The number of hydrogen-bond acceptors (Lipinski definition) is 3. The zero-order chi connectivity index (χ0) is 9.26. The Morgan fingerprint density at radius 3 is 3.00 bits per heavy atom. The molecular formula is C10H15N3. The van der Waals surface area contributed by atoms with E-state index < -0.39 is 0 Å². The molecule has 0 amide bonds. The molecule has 2 N–H and O–H groups in total. The molecule has 1 saturated carbocycles. The van der Waals surface area contributed by atoms with Crippen molar-refractivity contribution in [3.8, 4) is 0 Å². The summed E-state index contributed by atoms with van der Waals surface area (Å²) < 4.78 is 0. The maximum atomic E-state index is 5.47. The maximum absolute atomic E-state index is 5.47. The lowest BCUT2D eigenvalue weighted by Crippen LogP contribution is -2.06. The van der Waals surface area contributed by atoms with Crippen LogP contribution in [0.25, 0.3) is 0 Å². The fourth-order valence-corrected chi connectivity index (χ4v) is 1.56. The largest absolute Gasteiger partial charge is 0.330 e. The highest BCUT2D eigenvalue weighted by atomic mass is 14.9. The minimum atomic E-state index is 0.609. The normalized spacial score (nSPS) is 26.0. The Hall–Kier alpha value is -0.960. The molecule has 0 aromatic carbocycles. The summed E-state index contributed by atoms with van der Waals surface area (Å²) in [6.45, 7) is 2.90. The van der Waals surface area contributed by atoms with Gasteiger partial charge in [-0.1, -0.05) is 6.92 Å². The number of aromatic nitrogens is 2. The number of rotatable bonds is 3. The third-order valence-corrected chi connectivity index (χ3v) is 2.57. The summed E-state index contributed by atoms with van der Waals surface area (Å²) in [5.41, 5.74) is 6.54. The number of hydrogen-bond donors (Lipinski definition) is 1. The summed E-state index contributed by atoms with van der Waals surface area (Å²) in [5.74, 6) is 2.39. The molecule has 3 nitrogen and oxygen atoms in total. The van der Waals surface area contributed by atoms with Crippen molar-refractivity contribution < 1.29 is 0 Å². The maximum Gasteiger partial charge on any atom is 0.131 e. The highest BCUT2D eigenvalue weighted by molar-refractivity contribution is 5.12. The molecule has 1 heterocycles. The van der Waals surface area contributed by atoms with E-state index in [0.29, 0.717) is 12.5 Å². The summed E-state index contributed by atoms with van der Waals surface area (Å²) >= 11 is 0. The molecule has 0 bridgehead atoms. The Bertz CT molecular complexity index is 298. The van der Waals surface area contributed by atoms with Crippen LogP contribution < -0.4 is 5.73 Å². The van der Waals surface area contributed by atoms with Crippen LogP contribution in [0, 0.1) is 5.92 Å². The van der Waals surface area contributed by atoms with Gasteiger partial charge in [0.15, 0.2) is 0 Å². The van der Waals surface area contributed by atoms with Gasteiger partial charge in [0.2, 0.25) is 0 Å². The van der Waals surface area contributed by atoms with Gasteiger partial charge in [-0.25, -0.2) is 9.97 Å². The molecule has 0 saturated heterocycles. The van der Waals surface area contributed by atoms with Crippen LogP contribution in [0.15, 0.2) is 12.3 Å². The lowest BCUT2D eigenvalue weighted by Gasteiger charge is -2.00. The van der Waals surface area contributed by atoms with E-state index in [1.807, 2.05) is 12.3 Å². The first-order chi connectivity index (χ1) is 6.31. The van der Waals surface area contributed by atoms with E-state index in [4.69, 9.17) is 5.73 Å². The molecule has 1 aromatic rings. The zero-order valence-corrected chi connectivity index (χ0v) is 7.90. The quantitative estimate of drug-likeness (QED) is 0.752. The molecule has 0 radical (unpaired) electrons. The van der Waals surface area contributed by atoms with E-state index in [1.54, 1.807) is 0 Å². The van der Waals surface area contributed by atoms with Crippen molar-refractivity contribution in [2.24, 2.45) is 11.7 Å². The van der Waals surface area contributed by atoms with E-state index in [9.17, 15) is 0 Å². The van der Waals surface area contributed by atoms with Gasteiger partial charge in [0.25, 0.3) is 0 Å². The molecule has 2 atom stereocenters. The smallest absolute Gasteiger partial charge is 0.131 e. The summed E-state index contributed by atoms with van der Waals surface area (Å²) in [7, 11) is 0. The van der Waals surface area contributed by atoms with Crippen LogP contribution in [0.4, 0.5) is 0 Å². The van der Waals surface area contributed by atoms with Crippen molar-refractivity contribution in [2.75, 3.05) is 6.54 Å². The summed E-state index contributed by atoms with van der Waals surface area (Å²) in [4.78, 5) is 8.77. The molecule has 1 fully saturated rings. The van der Waals surface area contributed by atoms with Gasteiger partial charge in [0, 0.05) is 24.2 Å². The second kappa shape index (κ2) is 3.42. The van der Waals surface area contributed by atoms with Gasteiger partial charge >= 0.3 is 0 Å². The van der Waals surface area contributed by atoms with Crippen molar-refractivity contribution in [3.05, 3.63) is 23.8 Å². The predicted octanol–water partition coefficient (Wildman–Crippen LogP) is 1.10. The van der Waals surface area contributed by atoms with Gasteiger partial charge in [0.1, 0.15) is 5.82 Å². The van der Waals surface area contributed by atoms with Gasteiger partial charge in [-0.05, 0) is 24.9 Å². The van der Waals surface area contributed by atoms with E-state index >= 15 is 0 Å². The van der Waals surface area contributed by atoms with Crippen LogP contribution in [0.1, 0.15) is 30.8 Å². The van der Waals surface area contributed by atoms with Gasteiger partial charge in [0.05, 0.1) is 0 Å². The molecular weight excluding hydrogens is 162 g/mol. The van der Waals surface area contributed by atoms with Crippen molar-refractivity contribution in [1.29, 1.82) is 0 Å². The van der Waals surface area contributed by atoms with E-state index in [1.165, 1.54) is 6.42 Å². The zero-order valence-electron chi connectivity index (χ0n) is 7.90. The Balaban J connectivity index is 2.13. The minimum absolute atomic E-state index is 0.609. The van der Waals surface area contributed by atoms with Crippen molar-refractivity contribution >= 4 is 0 Å². The van der Waals surface area contributed by atoms with Gasteiger partial charge in [-0.3, -0.25) is 0 Å². The second-order valence-corrected chi connectivity index (χ2v) is 3.76. The molecule has 1 aliphatic rings. The predicted molar refractivity (Wildman–Crippen MR) is 51.3 cm³/mol. The summed E-state index contributed by atoms with van der Waals surface area (Å²) in [5, 5.41) is 0. The van der Waals surface area contributed by atoms with Crippen molar-refractivity contribution in [2.45, 2.75) is 25.7 Å². The monoisotopic (exact) mass is 177 g/mol. The Morgan fingerprint density at radius 1 is 1.62 bits per heavy atom. The molecule has 2 unspecified atom stereocenters. The van der Waals surface area contributed by atoms with Crippen LogP contribution in [0.3, 0.4) is 0 Å². The van der Waals surface area contributed by atoms with Crippen molar-refractivity contribution in [1.82, 2.24) is 9.97 Å². The van der Waals surface area contributed by atoms with Crippen molar-refractivity contribution in [3.63, 3.8) is 0 Å². The molecule has 3 heteroatoms. The summed E-state index contributed by atoms with van der Waals surface area (Å²) in [6.07, 6.45) is 3.95. The first-order valence-corrected chi connectivity index (χ1v) is 4.83. The molecule has 0 aliphatic heterocycles. The molecule has 1 aromatic heterocycles. The first kappa shape index (κ1) is 8.63. The Morgan fingerprint density at radius 2 is 2.38 bits per heavy atom. The van der Waals surface area contributed by atoms with Gasteiger partial charge in [-0.15, -0.1) is 0 Å². The SMILES string of the molecule is CC1CC1c1nccc(CCN)n1. The van der Waals surface area contributed by atoms with E-state index in [0.717, 1.165) is 23.9 Å². The Kier molecular flexibility index (Phi) is 2.27. The van der Waals surface area contributed by atoms with Gasteiger partial charge < -0.3 is 5.73 Å². The highest BCUT2D eigenvalue weighted by Crippen LogP contribution is 2.45. The fourth-order valence-electron chi connectivity index (χ4n) is 1.56. The number of nitrogens with two attached hydrogens (primary N) is 1. The molecule has 13 heavy (non-hydrogen) atoms. The number of nitrogens with zero attached hydrogens (tertiary/aromatic N) is 2. The molecule has 70 valence electrons. The third kappa shape index (κ3) is 1.86. The minimum Gasteiger partial charge on any atom is -0.330 e. The van der Waals surface area contributed by atoms with Crippen LogP contribution in [-0.4, -0.2) is 16.5 Å². The third-order valence-electron chi connectivity index (χ3n) is 2.57. The van der Waals surface area contributed by atoms with Crippen LogP contribution in [0.2, 0.25) is 0 Å². The standard InChI is InChI=1S/C10H15N3/c1-7-6-9(7)10-12-5-3-8(13-10)2-4-11/h3,5,7,9H,2,4,6,11H2,1H3. The lowest BCUT2D eigenvalue weighted by molar-refractivity contribution is 0.809. The first-order valence-electron chi connectivity index (χ1n) is 4.83.